The Balaban J connectivity index is 0.000000448. The second-order valence-electron chi connectivity index (χ2n) is 6.06. The zero-order valence-corrected chi connectivity index (χ0v) is 15.6. The Morgan fingerprint density at radius 2 is 1.78 bits per heavy atom. The minimum atomic E-state index is 0.498. The number of aryl methyl sites for hydroxylation is 1. The van der Waals surface area contributed by atoms with Gasteiger partial charge in [-0.3, -0.25) is 0 Å². The third-order valence-corrected chi connectivity index (χ3v) is 4.64. The monoisotopic (exact) mass is 316 g/mol. The molecule has 3 heterocycles. The number of pyridine rings is 1. The third-order valence-electron chi connectivity index (χ3n) is 4.64. The molecule has 4 heteroatoms. The first kappa shape index (κ1) is 17.8. The minimum Gasteiger partial charge on any atom is -0.380 e. The van der Waals surface area contributed by atoms with Crippen LogP contribution in [-0.2, 0) is 6.42 Å². The van der Waals surface area contributed by atoms with E-state index in [-0.39, 0.29) is 0 Å². The average molecular weight is 316 g/mol. The molecule has 2 aromatic rings. The van der Waals surface area contributed by atoms with E-state index >= 15 is 0 Å². The van der Waals surface area contributed by atoms with E-state index in [0.29, 0.717) is 12.1 Å². The maximum absolute atomic E-state index is 4.85. The molecular formula is C19H32N4. The van der Waals surface area contributed by atoms with Crippen LogP contribution in [0.3, 0.4) is 0 Å². The van der Waals surface area contributed by atoms with Gasteiger partial charge >= 0.3 is 0 Å². The summed E-state index contributed by atoms with van der Waals surface area (Å²) in [5.41, 5.74) is 5.89. The van der Waals surface area contributed by atoms with Crippen LogP contribution in [0.2, 0.25) is 0 Å². The number of rotatable bonds is 1. The van der Waals surface area contributed by atoms with Crippen molar-refractivity contribution in [3.8, 4) is 0 Å². The number of nitrogens with zero attached hydrogens (tertiary/aromatic N) is 3. The summed E-state index contributed by atoms with van der Waals surface area (Å²) in [5.74, 6) is 0. The molecule has 1 N–H and O–H groups in total. The number of hydrogen-bond acceptors (Lipinski definition) is 3. The molecule has 1 fully saturated rings. The number of imidazole rings is 1. The SMILES string of the molecule is CC.CC.Cc1nc2c(ncn2C2CCCC2)c2c1CC(C)N2. The average Bonchev–Trinajstić information content (AvgIpc) is 3.29. The van der Waals surface area contributed by atoms with E-state index in [1.165, 1.54) is 42.6 Å². The molecule has 128 valence electrons. The lowest BCUT2D eigenvalue weighted by molar-refractivity contribution is 0.528. The maximum atomic E-state index is 4.85. The molecule has 0 amide bonds. The molecule has 0 spiro atoms. The van der Waals surface area contributed by atoms with Gasteiger partial charge in [0.2, 0.25) is 0 Å². The molecular weight excluding hydrogens is 284 g/mol. The van der Waals surface area contributed by atoms with Gasteiger partial charge in [-0.15, -0.1) is 0 Å². The molecule has 23 heavy (non-hydrogen) atoms. The van der Waals surface area contributed by atoms with Gasteiger partial charge in [0.05, 0.1) is 12.0 Å². The standard InChI is InChI=1S/C15H20N4.2C2H6/c1-9-7-12-10(2)18-15-14(13(12)17-9)16-8-19(15)11-5-3-4-6-11;2*1-2/h8-9,11,17H,3-7H2,1-2H3;2*1-2H3. The fourth-order valence-corrected chi connectivity index (χ4v) is 3.65. The van der Waals surface area contributed by atoms with Crippen molar-refractivity contribution in [3.63, 3.8) is 0 Å². The molecule has 1 atom stereocenters. The molecule has 1 aliphatic carbocycles. The normalized spacial score (nSPS) is 19.5. The summed E-state index contributed by atoms with van der Waals surface area (Å²) in [7, 11) is 0. The second-order valence-corrected chi connectivity index (χ2v) is 6.06. The molecule has 0 radical (unpaired) electrons. The highest BCUT2D eigenvalue weighted by molar-refractivity contribution is 5.90. The number of nitrogens with one attached hydrogen (secondary N) is 1. The summed E-state index contributed by atoms with van der Waals surface area (Å²) < 4.78 is 2.31. The maximum Gasteiger partial charge on any atom is 0.162 e. The van der Waals surface area contributed by atoms with Gasteiger partial charge in [0.1, 0.15) is 5.52 Å². The van der Waals surface area contributed by atoms with Crippen LogP contribution in [0.1, 0.15) is 77.6 Å². The van der Waals surface area contributed by atoms with Crippen molar-refractivity contribution in [2.45, 2.75) is 85.7 Å². The fraction of sp³-hybridized carbons (Fsp3) is 0.684. The van der Waals surface area contributed by atoms with Gasteiger partial charge in [0, 0.05) is 23.3 Å². The lowest BCUT2D eigenvalue weighted by Gasteiger charge is -2.12. The topological polar surface area (TPSA) is 42.7 Å². The van der Waals surface area contributed by atoms with E-state index < -0.39 is 0 Å². The third kappa shape index (κ3) is 3.22. The van der Waals surface area contributed by atoms with Crippen molar-refractivity contribution in [1.82, 2.24) is 14.5 Å². The number of fused-ring (bicyclic) bond motifs is 3. The largest absolute Gasteiger partial charge is 0.380 e. The van der Waals surface area contributed by atoms with Crippen LogP contribution in [0.15, 0.2) is 6.33 Å². The summed E-state index contributed by atoms with van der Waals surface area (Å²) in [6.45, 7) is 12.4. The van der Waals surface area contributed by atoms with Crippen LogP contribution in [0.5, 0.6) is 0 Å². The summed E-state index contributed by atoms with van der Waals surface area (Å²) in [6.07, 6.45) is 8.28. The molecule has 2 aromatic heterocycles. The van der Waals surface area contributed by atoms with Gasteiger partial charge in [0.15, 0.2) is 5.65 Å². The van der Waals surface area contributed by atoms with Crippen molar-refractivity contribution < 1.29 is 0 Å². The lowest BCUT2D eigenvalue weighted by Crippen LogP contribution is -2.08. The molecule has 4 nitrogen and oxygen atoms in total. The van der Waals surface area contributed by atoms with Crippen molar-refractivity contribution in [2.24, 2.45) is 0 Å². The van der Waals surface area contributed by atoms with Crippen LogP contribution in [0.25, 0.3) is 11.2 Å². The van der Waals surface area contributed by atoms with Crippen LogP contribution in [-0.4, -0.2) is 20.6 Å². The van der Waals surface area contributed by atoms with Crippen molar-refractivity contribution >= 4 is 16.9 Å². The Hall–Kier alpha value is -1.58. The van der Waals surface area contributed by atoms with Crippen molar-refractivity contribution in [2.75, 3.05) is 5.32 Å². The first-order valence-corrected chi connectivity index (χ1v) is 9.36. The van der Waals surface area contributed by atoms with Gasteiger partial charge in [-0.05, 0) is 33.1 Å². The summed E-state index contributed by atoms with van der Waals surface area (Å²) in [6, 6.07) is 1.10. The Bertz CT molecular complexity index is 638. The lowest BCUT2D eigenvalue weighted by atomic mass is 10.1. The Morgan fingerprint density at radius 1 is 1.13 bits per heavy atom. The summed E-state index contributed by atoms with van der Waals surface area (Å²) >= 11 is 0. The smallest absolute Gasteiger partial charge is 0.162 e. The zero-order valence-electron chi connectivity index (χ0n) is 15.6. The first-order chi connectivity index (χ1) is 11.2. The summed E-state index contributed by atoms with van der Waals surface area (Å²) in [4.78, 5) is 9.50. The Morgan fingerprint density at radius 3 is 2.43 bits per heavy atom. The molecule has 1 saturated carbocycles. The van der Waals surface area contributed by atoms with E-state index in [9.17, 15) is 0 Å². The molecule has 4 rings (SSSR count). The Labute approximate surface area is 140 Å². The van der Waals surface area contributed by atoms with E-state index in [2.05, 4.69) is 28.7 Å². The predicted molar refractivity (Wildman–Crippen MR) is 99.3 cm³/mol. The highest BCUT2D eigenvalue weighted by Gasteiger charge is 2.26. The molecule has 0 saturated heterocycles. The minimum absolute atomic E-state index is 0.498. The van der Waals surface area contributed by atoms with Crippen molar-refractivity contribution in [1.29, 1.82) is 0 Å². The molecule has 1 unspecified atom stereocenters. The molecule has 0 bridgehead atoms. The van der Waals surface area contributed by atoms with E-state index in [1.54, 1.807) is 0 Å². The van der Waals surface area contributed by atoms with Gasteiger partial charge in [0.25, 0.3) is 0 Å². The quantitative estimate of drug-likeness (QED) is 0.780. The Kier molecular flexibility index (Phi) is 6.03. The van der Waals surface area contributed by atoms with Crippen LogP contribution in [0, 0.1) is 6.92 Å². The molecule has 0 aromatic carbocycles. The van der Waals surface area contributed by atoms with Gasteiger partial charge in [-0.1, -0.05) is 40.5 Å². The van der Waals surface area contributed by atoms with Gasteiger partial charge in [-0.2, -0.15) is 0 Å². The highest BCUT2D eigenvalue weighted by atomic mass is 15.1. The van der Waals surface area contributed by atoms with E-state index in [0.717, 1.165) is 17.6 Å². The van der Waals surface area contributed by atoms with Gasteiger partial charge < -0.3 is 9.88 Å². The predicted octanol–water partition coefficient (Wildman–Crippen LogP) is 5.26. The number of aromatic nitrogens is 3. The fourth-order valence-electron chi connectivity index (χ4n) is 3.65. The zero-order chi connectivity index (χ0) is 17.0. The number of hydrogen-bond donors (Lipinski definition) is 1. The first-order valence-electron chi connectivity index (χ1n) is 9.36. The van der Waals surface area contributed by atoms with Crippen LogP contribution >= 0.6 is 0 Å². The van der Waals surface area contributed by atoms with Crippen LogP contribution in [0.4, 0.5) is 5.69 Å². The highest BCUT2D eigenvalue weighted by Crippen LogP contribution is 2.37. The summed E-state index contributed by atoms with van der Waals surface area (Å²) in [5, 5.41) is 3.57. The number of anilines is 1. The van der Waals surface area contributed by atoms with E-state index in [1.807, 2.05) is 34.0 Å². The molecule has 2 aliphatic rings. The van der Waals surface area contributed by atoms with Crippen molar-refractivity contribution in [3.05, 3.63) is 17.6 Å². The van der Waals surface area contributed by atoms with Gasteiger partial charge in [-0.25, -0.2) is 9.97 Å². The van der Waals surface area contributed by atoms with E-state index in [4.69, 9.17) is 4.98 Å². The second kappa shape index (κ2) is 7.80. The molecule has 1 aliphatic heterocycles. The van der Waals surface area contributed by atoms with Crippen LogP contribution < -0.4 is 5.32 Å².